The van der Waals surface area contributed by atoms with Gasteiger partial charge in [-0.2, -0.15) is 11.8 Å². The molecular formula is C17H25N3O5S. The van der Waals surface area contributed by atoms with Gasteiger partial charge in [0.2, 0.25) is 5.91 Å². The molecule has 8 nitrogen and oxygen atoms in total. The second kappa shape index (κ2) is 10.1. The molecule has 1 aromatic heterocycles. The highest BCUT2D eigenvalue weighted by Crippen LogP contribution is 2.10. The molecule has 2 rings (SSSR count). The molecule has 0 unspecified atom stereocenters. The van der Waals surface area contributed by atoms with Gasteiger partial charge in [0.15, 0.2) is 5.76 Å². The number of rotatable bonds is 7. The second-order valence-corrected chi connectivity index (χ2v) is 6.78. The monoisotopic (exact) mass is 383 g/mol. The SMILES string of the molecule is CCOC(=O)N1CCN(C(=O)[C@H](CCSC)NC(=O)c2ccco2)CC1. The van der Waals surface area contributed by atoms with Crippen molar-refractivity contribution in [3.8, 4) is 0 Å². The molecule has 1 aliphatic heterocycles. The molecule has 9 heteroatoms. The number of hydrogen-bond donors (Lipinski definition) is 1. The Morgan fingerprint density at radius 2 is 1.96 bits per heavy atom. The summed E-state index contributed by atoms with van der Waals surface area (Å²) in [5, 5.41) is 2.76. The average molecular weight is 383 g/mol. The fourth-order valence-corrected chi connectivity index (χ4v) is 3.15. The first-order chi connectivity index (χ1) is 12.6. The van der Waals surface area contributed by atoms with Crippen molar-refractivity contribution in [2.75, 3.05) is 44.8 Å². The zero-order valence-corrected chi connectivity index (χ0v) is 15.9. The molecule has 2 heterocycles. The van der Waals surface area contributed by atoms with E-state index in [1.807, 2.05) is 6.26 Å². The Morgan fingerprint density at radius 3 is 2.54 bits per heavy atom. The molecule has 0 saturated carbocycles. The van der Waals surface area contributed by atoms with E-state index in [0.29, 0.717) is 39.2 Å². The summed E-state index contributed by atoms with van der Waals surface area (Å²) in [7, 11) is 0. The van der Waals surface area contributed by atoms with Gasteiger partial charge in [0.05, 0.1) is 12.9 Å². The van der Waals surface area contributed by atoms with E-state index in [-0.39, 0.29) is 17.8 Å². The van der Waals surface area contributed by atoms with Gasteiger partial charge in [-0.25, -0.2) is 4.79 Å². The van der Waals surface area contributed by atoms with Gasteiger partial charge < -0.3 is 24.3 Å². The van der Waals surface area contributed by atoms with Crippen molar-refractivity contribution in [3.63, 3.8) is 0 Å². The maximum absolute atomic E-state index is 12.8. The van der Waals surface area contributed by atoms with E-state index < -0.39 is 11.9 Å². The molecule has 144 valence electrons. The van der Waals surface area contributed by atoms with Gasteiger partial charge in [0, 0.05) is 26.2 Å². The molecule has 1 atom stereocenters. The summed E-state index contributed by atoms with van der Waals surface area (Å²) in [6.07, 6.45) is 3.55. The normalized spacial score (nSPS) is 15.5. The smallest absolute Gasteiger partial charge is 0.409 e. The predicted octanol–water partition coefficient (Wildman–Crippen LogP) is 1.43. The zero-order valence-electron chi connectivity index (χ0n) is 15.1. The van der Waals surface area contributed by atoms with Gasteiger partial charge in [-0.1, -0.05) is 0 Å². The largest absolute Gasteiger partial charge is 0.459 e. The first kappa shape index (κ1) is 20.2. The fourth-order valence-electron chi connectivity index (χ4n) is 2.67. The standard InChI is InChI=1S/C17H25N3O5S/c1-3-24-17(23)20-9-7-19(8-10-20)16(22)13(6-12-26-2)18-15(21)14-5-4-11-25-14/h4-5,11,13H,3,6-10,12H2,1-2H3,(H,18,21)/t13-/m0/s1. The highest BCUT2D eigenvalue weighted by Gasteiger charge is 2.30. The van der Waals surface area contributed by atoms with Crippen molar-refractivity contribution in [2.24, 2.45) is 0 Å². The van der Waals surface area contributed by atoms with Crippen LogP contribution >= 0.6 is 11.8 Å². The Morgan fingerprint density at radius 1 is 1.27 bits per heavy atom. The van der Waals surface area contributed by atoms with Crippen LogP contribution in [0.1, 0.15) is 23.9 Å². The molecule has 3 amide bonds. The number of nitrogens with one attached hydrogen (secondary N) is 1. The summed E-state index contributed by atoms with van der Waals surface area (Å²) in [4.78, 5) is 40.1. The van der Waals surface area contributed by atoms with Gasteiger partial charge in [-0.3, -0.25) is 9.59 Å². The third-order valence-corrected chi connectivity index (χ3v) is 4.72. The van der Waals surface area contributed by atoms with Crippen LogP contribution in [0.25, 0.3) is 0 Å². The maximum Gasteiger partial charge on any atom is 0.409 e. The molecule has 1 N–H and O–H groups in total. The van der Waals surface area contributed by atoms with E-state index in [9.17, 15) is 14.4 Å². The first-order valence-electron chi connectivity index (χ1n) is 8.60. The summed E-state index contributed by atoms with van der Waals surface area (Å²) in [5.41, 5.74) is 0. The van der Waals surface area contributed by atoms with Crippen molar-refractivity contribution in [1.29, 1.82) is 0 Å². The first-order valence-corrected chi connectivity index (χ1v) is 10.00. The Hall–Kier alpha value is -2.16. The molecule has 0 spiro atoms. The Kier molecular flexibility index (Phi) is 7.83. The van der Waals surface area contributed by atoms with Crippen molar-refractivity contribution in [1.82, 2.24) is 15.1 Å². The summed E-state index contributed by atoms with van der Waals surface area (Å²) in [6, 6.07) is 2.57. The summed E-state index contributed by atoms with van der Waals surface area (Å²) < 4.78 is 10.1. The summed E-state index contributed by atoms with van der Waals surface area (Å²) in [5.74, 6) is 0.388. The Balaban J connectivity index is 1.94. The number of carbonyl (C=O) groups excluding carboxylic acids is 3. The van der Waals surface area contributed by atoms with Gasteiger partial charge in [0.25, 0.3) is 5.91 Å². The number of thioether (sulfide) groups is 1. The Bertz CT molecular complexity index is 600. The molecule has 0 radical (unpaired) electrons. The van der Waals surface area contributed by atoms with Crippen LogP contribution in [-0.4, -0.2) is 78.5 Å². The van der Waals surface area contributed by atoms with Crippen molar-refractivity contribution < 1.29 is 23.5 Å². The minimum atomic E-state index is -0.616. The highest BCUT2D eigenvalue weighted by molar-refractivity contribution is 7.98. The van der Waals surface area contributed by atoms with E-state index in [2.05, 4.69) is 5.32 Å². The van der Waals surface area contributed by atoms with Crippen LogP contribution in [-0.2, 0) is 9.53 Å². The molecule has 0 bridgehead atoms. The number of furan rings is 1. The molecule has 1 aromatic rings. The molecule has 1 fully saturated rings. The lowest BCUT2D eigenvalue weighted by Gasteiger charge is -2.35. The number of hydrogen-bond acceptors (Lipinski definition) is 6. The minimum absolute atomic E-state index is 0.137. The van der Waals surface area contributed by atoms with Crippen LogP contribution in [0.3, 0.4) is 0 Å². The quantitative estimate of drug-likeness (QED) is 0.766. The fraction of sp³-hybridized carbons (Fsp3) is 0.588. The summed E-state index contributed by atoms with van der Waals surface area (Å²) >= 11 is 1.61. The second-order valence-electron chi connectivity index (χ2n) is 5.80. The third kappa shape index (κ3) is 5.42. The van der Waals surface area contributed by atoms with Crippen LogP contribution in [0.4, 0.5) is 4.79 Å². The summed E-state index contributed by atoms with van der Waals surface area (Å²) in [6.45, 7) is 3.77. The van der Waals surface area contributed by atoms with E-state index >= 15 is 0 Å². The van der Waals surface area contributed by atoms with Crippen LogP contribution in [0, 0.1) is 0 Å². The van der Waals surface area contributed by atoms with Crippen LogP contribution in [0.5, 0.6) is 0 Å². The number of amides is 3. The van der Waals surface area contributed by atoms with Crippen molar-refractivity contribution in [3.05, 3.63) is 24.2 Å². The third-order valence-electron chi connectivity index (χ3n) is 4.08. The lowest BCUT2D eigenvalue weighted by Crippen LogP contribution is -2.56. The predicted molar refractivity (Wildman–Crippen MR) is 98.1 cm³/mol. The zero-order chi connectivity index (χ0) is 18.9. The number of carbonyl (C=O) groups is 3. The lowest BCUT2D eigenvalue weighted by atomic mass is 10.1. The topological polar surface area (TPSA) is 92.1 Å². The van der Waals surface area contributed by atoms with Crippen molar-refractivity contribution in [2.45, 2.75) is 19.4 Å². The Labute approximate surface area is 157 Å². The molecule has 1 saturated heterocycles. The molecule has 0 aliphatic carbocycles. The number of ether oxygens (including phenoxy) is 1. The van der Waals surface area contributed by atoms with Gasteiger partial charge >= 0.3 is 6.09 Å². The van der Waals surface area contributed by atoms with E-state index in [1.54, 1.807) is 40.6 Å². The van der Waals surface area contributed by atoms with E-state index in [1.165, 1.54) is 6.26 Å². The number of piperazine rings is 1. The maximum atomic E-state index is 12.8. The van der Waals surface area contributed by atoms with E-state index in [4.69, 9.17) is 9.15 Å². The van der Waals surface area contributed by atoms with Gasteiger partial charge in [-0.05, 0) is 37.5 Å². The molecule has 26 heavy (non-hydrogen) atoms. The number of nitrogens with zero attached hydrogens (tertiary/aromatic N) is 2. The van der Waals surface area contributed by atoms with Gasteiger partial charge in [-0.15, -0.1) is 0 Å². The van der Waals surface area contributed by atoms with Crippen LogP contribution in [0.2, 0.25) is 0 Å². The van der Waals surface area contributed by atoms with Crippen LogP contribution in [0.15, 0.2) is 22.8 Å². The van der Waals surface area contributed by atoms with E-state index in [0.717, 1.165) is 5.75 Å². The minimum Gasteiger partial charge on any atom is -0.459 e. The molecular weight excluding hydrogens is 358 g/mol. The average Bonchev–Trinajstić information content (AvgIpc) is 3.19. The van der Waals surface area contributed by atoms with Crippen LogP contribution < -0.4 is 5.32 Å². The molecule has 1 aliphatic rings. The molecule has 0 aromatic carbocycles. The van der Waals surface area contributed by atoms with Gasteiger partial charge in [0.1, 0.15) is 6.04 Å². The van der Waals surface area contributed by atoms with Crippen molar-refractivity contribution >= 4 is 29.7 Å². The lowest BCUT2D eigenvalue weighted by molar-refractivity contribution is -0.134. The highest BCUT2D eigenvalue weighted by atomic mass is 32.2.